The summed E-state index contributed by atoms with van der Waals surface area (Å²) >= 11 is 0. The van der Waals surface area contributed by atoms with Crippen molar-refractivity contribution in [2.45, 2.75) is 490 Å². The van der Waals surface area contributed by atoms with Gasteiger partial charge in [0.05, 0.1) is 26.4 Å². The molecule has 0 heterocycles. The van der Waals surface area contributed by atoms with Gasteiger partial charge in [0.2, 0.25) is 0 Å². The summed E-state index contributed by atoms with van der Waals surface area (Å²) in [4.78, 5) is 73.2. The highest BCUT2D eigenvalue weighted by Gasteiger charge is 2.30. The van der Waals surface area contributed by atoms with E-state index in [0.717, 1.165) is 102 Å². The van der Waals surface area contributed by atoms with Crippen molar-refractivity contribution < 1.29 is 80.2 Å². The number of esters is 4. The standard InChI is InChI=1S/C87H170O17P2/c1-6-9-12-15-18-21-23-25-27-29-31-32-34-36-40-44-48-52-57-62-67-73-87(92)104-83(77-98-85(90)71-66-61-56-51-47-43-39-35-33-30-28-26-24-22-19-16-13-10-7-2)79-102-106(95,96)100-75-81(88)74-99-105(93,94)101-78-82(76-97-84(89)70-65-60-55-20-17-14-11-8-3)103-86(91)72-68-63-58-53-49-45-41-37-38-42-46-50-54-59-64-69-80(4)5/h80-83,88H,6-79H2,1-5H3,(H,93,94)(H,95,96)/t81-,82+,83+/m0/s1. The van der Waals surface area contributed by atoms with E-state index in [-0.39, 0.29) is 25.7 Å². The molecule has 0 aliphatic carbocycles. The van der Waals surface area contributed by atoms with E-state index in [9.17, 15) is 43.2 Å². The first-order valence-electron chi connectivity index (χ1n) is 45.1. The van der Waals surface area contributed by atoms with E-state index >= 15 is 0 Å². The van der Waals surface area contributed by atoms with E-state index in [4.69, 9.17) is 37.0 Å². The molecule has 0 radical (unpaired) electrons. The zero-order valence-electron chi connectivity index (χ0n) is 69.6. The quantitative estimate of drug-likeness (QED) is 0.0222. The summed E-state index contributed by atoms with van der Waals surface area (Å²) in [6.07, 6.45) is 73.8. The van der Waals surface area contributed by atoms with E-state index in [0.29, 0.717) is 25.7 Å². The summed E-state index contributed by atoms with van der Waals surface area (Å²) in [5.41, 5.74) is 0. The lowest BCUT2D eigenvalue weighted by atomic mass is 10.0. The third-order valence-corrected chi connectivity index (χ3v) is 22.4. The van der Waals surface area contributed by atoms with E-state index in [1.165, 1.54) is 289 Å². The molecule has 0 fully saturated rings. The molecule has 3 N–H and O–H groups in total. The second-order valence-corrected chi connectivity index (χ2v) is 34.7. The fraction of sp³-hybridized carbons (Fsp3) is 0.954. The van der Waals surface area contributed by atoms with Gasteiger partial charge in [0.15, 0.2) is 12.2 Å². The second-order valence-electron chi connectivity index (χ2n) is 31.8. The van der Waals surface area contributed by atoms with Crippen LogP contribution < -0.4 is 0 Å². The topological polar surface area (TPSA) is 237 Å². The molecule has 106 heavy (non-hydrogen) atoms. The Kier molecular flexibility index (Phi) is 78.2. The third-order valence-electron chi connectivity index (χ3n) is 20.5. The van der Waals surface area contributed by atoms with Crippen molar-refractivity contribution in [2.24, 2.45) is 5.92 Å². The van der Waals surface area contributed by atoms with Gasteiger partial charge in [0.25, 0.3) is 0 Å². The van der Waals surface area contributed by atoms with Gasteiger partial charge in [-0.05, 0) is 31.6 Å². The lowest BCUT2D eigenvalue weighted by molar-refractivity contribution is -0.161. The van der Waals surface area contributed by atoms with Crippen molar-refractivity contribution in [3.63, 3.8) is 0 Å². The van der Waals surface area contributed by atoms with Crippen LogP contribution in [0.4, 0.5) is 0 Å². The molecule has 2 unspecified atom stereocenters. The Morgan fingerprint density at radius 1 is 0.255 bits per heavy atom. The third kappa shape index (κ3) is 80.1. The fourth-order valence-corrected chi connectivity index (χ4v) is 15.2. The van der Waals surface area contributed by atoms with Crippen LogP contribution in [0.25, 0.3) is 0 Å². The van der Waals surface area contributed by atoms with E-state index in [2.05, 4.69) is 34.6 Å². The van der Waals surface area contributed by atoms with Crippen LogP contribution in [0.1, 0.15) is 471 Å². The molecule has 0 saturated carbocycles. The Hall–Kier alpha value is -1.94. The Bertz CT molecular complexity index is 2010. The number of unbranched alkanes of at least 4 members (excludes halogenated alkanes) is 59. The highest BCUT2D eigenvalue weighted by atomic mass is 31.2. The number of phosphoric ester groups is 2. The van der Waals surface area contributed by atoms with Crippen molar-refractivity contribution in [3.05, 3.63) is 0 Å². The largest absolute Gasteiger partial charge is 0.472 e. The predicted octanol–water partition coefficient (Wildman–Crippen LogP) is 26.8. The summed E-state index contributed by atoms with van der Waals surface area (Å²) in [6.45, 7) is 7.37. The smallest absolute Gasteiger partial charge is 0.462 e. The number of aliphatic hydroxyl groups excluding tert-OH is 1. The number of rotatable bonds is 87. The second kappa shape index (κ2) is 79.7. The lowest BCUT2D eigenvalue weighted by Crippen LogP contribution is -2.30. The number of hydrogen-bond donors (Lipinski definition) is 3. The Morgan fingerprint density at radius 3 is 0.642 bits per heavy atom. The van der Waals surface area contributed by atoms with Crippen LogP contribution in [-0.4, -0.2) is 96.7 Å². The van der Waals surface area contributed by atoms with Crippen LogP contribution >= 0.6 is 15.6 Å². The number of aliphatic hydroxyl groups is 1. The van der Waals surface area contributed by atoms with Crippen molar-refractivity contribution in [3.8, 4) is 0 Å². The number of phosphoric acid groups is 2. The van der Waals surface area contributed by atoms with Gasteiger partial charge >= 0.3 is 39.5 Å². The molecule has 0 aliphatic heterocycles. The highest BCUT2D eigenvalue weighted by Crippen LogP contribution is 2.45. The molecule has 17 nitrogen and oxygen atoms in total. The summed E-state index contributed by atoms with van der Waals surface area (Å²) in [5.74, 6) is -1.30. The number of hydrogen-bond acceptors (Lipinski definition) is 15. The van der Waals surface area contributed by atoms with Gasteiger partial charge in [-0.3, -0.25) is 37.3 Å². The molecule has 0 saturated heterocycles. The molecule has 0 amide bonds. The summed E-state index contributed by atoms with van der Waals surface area (Å²) in [6, 6.07) is 0. The van der Waals surface area contributed by atoms with Gasteiger partial charge in [-0.1, -0.05) is 420 Å². The normalized spacial score (nSPS) is 13.7. The monoisotopic (exact) mass is 1550 g/mol. The molecule has 0 bridgehead atoms. The van der Waals surface area contributed by atoms with Gasteiger partial charge < -0.3 is 33.8 Å². The molecular weight excluding hydrogens is 1380 g/mol. The van der Waals surface area contributed by atoms with Crippen LogP contribution in [0.5, 0.6) is 0 Å². The number of carbonyl (C=O) groups excluding carboxylic acids is 4. The van der Waals surface area contributed by atoms with E-state index in [1.54, 1.807) is 0 Å². The Labute approximate surface area is 651 Å². The van der Waals surface area contributed by atoms with Crippen molar-refractivity contribution in [1.29, 1.82) is 0 Å². The fourth-order valence-electron chi connectivity index (χ4n) is 13.6. The molecule has 0 aromatic carbocycles. The van der Waals surface area contributed by atoms with Crippen molar-refractivity contribution in [2.75, 3.05) is 39.6 Å². The summed E-state index contributed by atoms with van der Waals surface area (Å²) in [5, 5.41) is 10.7. The SMILES string of the molecule is CCCCCCCCCCCCCCCCCCCCCCCC(=O)O[C@H](COC(=O)CCCCCCCCCCCCCCCCCCCCC)COP(=O)(O)OC[C@@H](O)COP(=O)(O)OC[C@@H](COC(=O)CCCCCCCCCC)OC(=O)CCCCCCCCCCCCCCCCCC(C)C. The maximum Gasteiger partial charge on any atom is 0.472 e. The van der Waals surface area contributed by atoms with Crippen LogP contribution in [0.15, 0.2) is 0 Å². The predicted molar refractivity (Wildman–Crippen MR) is 437 cm³/mol. The maximum atomic E-state index is 13.1. The van der Waals surface area contributed by atoms with Gasteiger partial charge in [-0.15, -0.1) is 0 Å². The minimum atomic E-state index is -4.96. The molecule has 0 rings (SSSR count). The molecule has 0 aliphatic rings. The minimum Gasteiger partial charge on any atom is -0.462 e. The molecule has 5 atom stereocenters. The Balaban J connectivity index is 5.18. The van der Waals surface area contributed by atoms with Gasteiger partial charge in [0.1, 0.15) is 19.3 Å². The van der Waals surface area contributed by atoms with E-state index < -0.39 is 97.5 Å². The van der Waals surface area contributed by atoms with Crippen molar-refractivity contribution >= 4 is 39.5 Å². The van der Waals surface area contributed by atoms with Crippen LogP contribution in [-0.2, 0) is 65.4 Å². The first-order chi connectivity index (χ1) is 51.5. The zero-order valence-corrected chi connectivity index (χ0v) is 71.4. The molecular formula is C87H170O17P2. The molecule has 19 heteroatoms. The summed E-state index contributed by atoms with van der Waals surface area (Å²) in [7, 11) is -9.92. The zero-order chi connectivity index (χ0) is 77.6. The minimum absolute atomic E-state index is 0.108. The Morgan fingerprint density at radius 2 is 0.434 bits per heavy atom. The first kappa shape index (κ1) is 104. The average Bonchev–Trinajstić information content (AvgIpc) is 0.998. The first-order valence-corrected chi connectivity index (χ1v) is 48.1. The van der Waals surface area contributed by atoms with Crippen LogP contribution in [0.2, 0.25) is 0 Å². The highest BCUT2D eigenvalue weighted by molar-refractivity contribution is 7.47. The summed E-state index contributed by atoms with van der Waals surface area (Å²) < 4.78 is 68.8. The van der Waals surface area contributed by atoms with Gasteiger partial charge in [-0.25, -0.2) is 9.13 Å². The van der Waals surface area contributed by atoms with Crippen LogP contribution in [0.3, 0.4) is 0 Å². The lowest BCUT2D eigenvalue weighted by Gasteiger charge is -2.21. The van der Waals surface area contributed by atoms with Crippen molar-refractivity contribution in [1.82, 2.24) is 0 Å². The molecule has 0 aromatic rings. The molecule has 0 spiro atoms. The molecule has 630 valence electrons. The maximum absolute atomic E-state index is 13.1. The van der Waals surface area contributed by atoms with E-state index in [1.807, 2.05) is 0 Å². The van der Waals surface area contributed by atoms with Crippen LogP contribution in [0, 0.1) is 5.92 Å². The number of carbonyl (C=O) groups is 4. The van der Waals surface area contributed by atoms with Gasteiger partial charge in [0, 0.05) is 25.7 Å². The average molecular weight is 1550 g/mol. The van der Waals surface area contributed by atoms with Gasteiger partial charge in [-0.2, -0.15) is 0 Å². The number of ether oxygens (including phenoxy) is 4. The molecule has 0 aromatic heterocycles.